The summed E-state index contributed by atoms with van der Waals surface area (Å²) in [5.74, 6) is -0.465. The summed E-state index contributed by atoms with van der Waals surface area (Å²) in [4.78, 5) is 27.1. The van der Waals surface area contributed by atoms with Crippen LogP contribution >= 0.6 is 0 Å². The number of likely N-dealkylation sites (tertiary alicyclic amines) is 2. The first-order valence-electron chi connectivity index (χ1n) is 7.35. The molecule has 2 rings (SSSR count). The fourth-order valence-corrected chi connectivity index (χ4v) is 3.11. The quantitative estimate of drug-likeness (QED) is 0.832. The molecule has 3 unspecified atom stereocenters. The summed E-state index contributed by atoms with van der Waals surface area (Å²) in [6.07, 6.45) is 3.25. The lowest BCUT2D eigenvalue weighted by atomic mass is 9.95. The van der Waals surface area contributed by atoms with Crippen LogP contribution in [0.2, 0.25) is 0 Å². The minimum Gasteiger partial charge on any atom is -0.480 e. The lowest BCUT2D eigenvalue weighted by Crippen LogP contribution is -2.56. The van der Waals surface area contributed by atoms with Crippen molar-refractivity contribution in [1.82, 2.24) is 9.80 Å². The van der Waals surface area contributed by atoms with Crippen LogP contribution in [0.1, 0.15) is 32.6 Å². The normalized spacial score (nSPS) is 31.2. The largest absolute Gasteiger partial charge is 0.480 e. The molecule has 2 aliphatic rings. The van der Waals surface area contributed by atoms with Gasteiger partial charge >= 0.3 is 12.0 Å². The van der Waals surface area contributed by atoms with Crippen molar-refractivity contribution < 1.29 is 19.4 Å². The molecule has 0 aliphatic carbocycles. The average molecular weight is 284 g/mol. The highest BCUT2D eigenvalue weighted by atomic mass is 16.5. The van der Waals surface area contributed by atoms with E-state index in [1.54, 1.807) is 12.0 Å². The Morgan fingerprint density at radius 1 is 1.20 bits per heavy atom. The highest BCUT2D eigenvalue weighted by molar-refractivity contribution is 5.83. The summed E-state index contributed by atoms with van der Waals surface area (Å²) in [6, 6.07) is -0.817. The highest BCUT2D eigenvalue weighted by Crippen LogP contribution is 2.24. The first-order valence-corrected chi connectivity index (χ1v) is 7.35. The number of hydrogen-bond donors (Lipinski definition) is 1. The van der Waals surface area contributed by atoms with Crippen molar-refractivity contribution in [2.45, 2.75) is 44.8 Å². The fourth-order valence-electron chi connectivity index (χ4n) is 3.11. The second kappa shape index (κ2) is 6.43. The standard InChI is InChI=1S/C14H24N2O4/c1-10-6-8-15(9-12(10)20-2)14(19)16-7-4-3-5-11(16)13(17)18/h10-12H,3-9H2,1-2H3,(H,17,18). The van der Waals surface area contributed by atoms with Crippen molar-refractivity contribution in [3.05, 3.63) is 0 Å². The van der Waals surface area contributed by atoms with Crippen LogP contribution in [-0.2, 0) is 9.53 Å². The first kappa shape index (κ1) is 15.1. The summed E-state index contributed by atoms with van der Waals surface area (Å²) in [5.41, 5.74) is 0. The van der Waals surface area contributed by atoms with Crippen molar-refractivity contribution in [3.8, 4) is 0 Å². The Morgan fingerprint density at radius 3 is 2.60 bits per heavy atom. The number of urea groups is 1. The summed E-state index contributed by atoms with van der Waals surface area (Å²) in [5, 5.41) is 9.26. The van der Waals surface area contributed by atoms with Gasteiger partial charge in [-0.1, -0.05) is 6.92 Å². The number of aliphatic carboxylic acids is 1. The molecule has 0 aromatic rings. The molecular weight excluding hydrogens is 260 g/mol. The summed E-state index contributed by atoms with van der Waals surface area (Å²) in [6.45, 7) is 3.90. The van der Waals surface area contributed by atoms with E-state index in [1.165, 1.54) is 4.90 Å². The van der Waals surface area contributed by atoms with Gasteiger partial charge in [0.15, 0.2) is 0 Å². The molecule has 2 aliphatic heterocycles. The van der Waals surface area contributed by atoms with Crippen LogP contribution in [0.4, 0.5) is 4.79 Å². The molecular formula is C14H24N2O4. The Kier molecular flexibility index (Phi) is 4.86. The Balaban J connectivity index is 2.04. The Bertz CT molecular complexity index is 374. The van der Waals surface area contributed by atoms with Gasteiger partial charge in [0.05, 0.1) is 6.10 Å². The van der Waals surface area contributed by atoms with Crippen molar-refractivity contribution >= 4 is 12.0 Å². The molecule has 20 heavy (non-hydrogen) atoms. The Hall–Kier alpha value is -1.30. The molecule has 0 radical (unpaired) electrons. The van der Waals surface area contributed by atoms with E-state index >= 15 is 0 Å². The molecule has 0 spiro atoms. The molecule has 0 aromatic carbocycles. The van der Waals surface area contributed by atoms with Crippen LogP contribution in [0.25, 0.3) is 0 Å². The maximum atomic E-state index is 12.6. The van der Waals surface area contributed by atoms with Gasteiger partial charge in [0, 0.05) is 26.7 Å². The van der Waals surface area contributed by atoms with Crippen molar-refractivity contribution in [2.24, 2.45) is 5.92 Å². The molecule has 6 nitrogen and oxygen atoms in total. The van der Waals surface area contributed by atoms with Gasteiger partial charge in [0.1, 0.15) is 6.04 Å². The van der Waals surface area contributed by atoms with E-state index in [-0.39, 0.29) is 12.1 Å². The van der Waals surface area contributed by atoms with E-state index in [9.17, 15) is 14.7 Å². The number of carbonyl (C=O) groups excluding carboxylic acids is 1. The number of nitrogens with zero attached hydrogens (tertiary/aromatic N) is 2. The zero-order valence-electron chi connectivity index (χ0n) is 12.2. The van der Waals surface area contributed by atoms with E-state index < -0.39 is 12.0 Å². The number of hydrogen-bond acceptors (Lipinski definition) is 3. The number of rotatable bonds is 2. The molecule has 2 fully saturated rings. The van der Waals surface area contributed by atoms with Gasteiger partial charge in [0.2, 0.25) is 0 Å². The molecule has 0 saturated carbocycles. The van der Waals surface area contributed by atoms with Crippen LogP contribution in [-0.4, -0.2) is 65.8 Å². The topological polar surface area (TPSA) is 70.1 Å². The molecule has 0 bridgehead atoms. The third-order valence-electron chi connectivity index (χ3n) is 4.50. The summed E-state index contributed by atoms with van der Waals surface area (Å²) in [7, 11) is 1.66. The predicted octanol–water partition coefficient (Wildman–Crippen LogP) is 1.40. The number of carboxylic acid groups (broad SMARTS) is 1. The van der Waals surface area contributed by atoms with E-state index in [4.69, 9.17) is 4.74 Å². The second-order valence-electron chi connectivity index (χ2n) is 5.81. The van der Waals surface area contributed by atoms with Gasteiger partial charge in [0.25, 0.3) is 0 Å². The van der Waals surface area contributed by atoms with Crippen molar-refractivity contribution in [3.63, 3.8) is 0 Å². The van der Waals surface area contributed by atoms with Crippen LogP contribution in [0, 0.1) is 5.92 Å². The third kappa shape index (κ3) is 3.06. The van der Waals surface area contributed by atoms with Crippen molar-refractivity contribution in [2.75, 3.05) is 26.7 Å². The Morgan fingerprint density at radius 2 is 1.95 bits per heavy atom. The Labute approximate surface area is 119 Å². The second-order valence-corrected chi connectivity index (χ2v) is 5.81. The molecule has 2 heterocycles. The number of ether oxygens (including phenoxy) is 1. The smallest absolute Gasteiger partial charge is 0.326 e. The maximum Gasteiger partial charge on any atom is 0.326 e. The van der Waals surface area contributed by atoms with Crippen LogP contribution in [0.15, 0.2) is 0 Å². The maximum absolute atomic E-state index is 12.6. The zero-order valence-corrected chi connectivity index (χ0v) is 12.2. The van der Waals surface area contributed by atoms with Crippen LogP contribution < -0.4 is 0 Å². The first-order chi connectivity index (χ1) is 9.54. The number of piperidine rings is 2. The van der Waals surface area contributed by atoms with Gasteiger partial charge < -0.3 is 19.6 Å². The van der Waals surface area contributed by atoms with Gasteiger partial charge in [-0.25, -0.2) is 9.59 Å². The lowest BCUT2D eigenvalue weighted by molar-refractivity contribution is -0.143. The number of methoxy groups -OCH3 is 1. The zero-order chi connectivity index (χ0) is 14.7. The summed E-state index contributed by atoms with van der Waals surface area (Å²) < 4.78 is 5.42. The molecule has 2 saturated heterocycles. The van der Waals surface area contributed by atoms with Gasteiger partial charge in [-0.2, -0.15) is 0 Å². The highest BCUT2D eigenvalue weighted by Gasteiger charge is 2.37. The molecule has 6 heteroatoms. The molecule has 3 atom stereocenters. The van der Waals surface area contributed by atoms with Crippen molar-refractivity contribution in [1.29, 1.82) is 0 Å². The molecule has 0 aromatic heterocycles. The van der Waals surface area contributed by atoms with E-state index in [0.717, 1.165) is 19.3 Å². The third-order valence-corrected chi connectivity index (χ3v) is 4.50. The van der Waals surface area contributed by atoms with Crippen LogP contribution in [0.5, 0.6) is 0 Å². The van der Waals surface area contributed by atoms with Crippen LogP contribution in [0.3, 0.4) is 0 Å². The van der Waals surface area contributed by atoms with Gasteiger partial charge in [-0.15, -0.1) is 0 Å². The predicted molar refractivity (Wildman–Crippen MR) is 73.5 cm³/mol. The summed E-state index contributed by atoms with van der Waals surface area (Å²) >= 11 is 0. The monoisotopic (exact) mass is 284 g/mol. The number of carbonyl (C=O) groups is 2. The van der Waals surface area contributed by atoms with E-state index in [2.05, 4.69) is 6.92 Å². The minimum atomic E-state index is -0.897. The number of amides is 2. The SMILES string of the molecule is COC1CN(C(=O)N2CCCCC2C(=O)O)CCC1C. The molecule has 114 valence electrons. The average Bonchev–Trinajstić information content (AvgIpc) is 2.47. The molecule has 1 N–H and O–H groups in total. The molecule has 2 amide bonds. The van der Waals surface area contributed by atoms with Gasteiger partial charge in [-0.05, 0) is 31.6 Å². The minimum absolute atomic E-state index is 0.0424. The fraction of sp³-hybridized carbons (Fsp3) is 0.857. The lowest BCUT2D eigenvalue weighted by Gasteiger charge is -2.41. The van der Waals surface area contributed by atoms with Gasteiger partial charge in [-0.3, -0.25) is 0 Å². The van der Waals surface area contributed by atoms with E-state index in [0.29, 0.717) is 32.0 Å². The van der Waals surface area contributed by atoms with E-state index in [1.807, 2.05) is 0 Å². The number of carboxylic acids is 1.